The van der Waals surface area contributed by atoms with Crippen molar-refractivity contribution in [2.75, 3.05) is 17.2 Å². The predicted molar refractivity (Wildman–Crippen MR) is 77.4 cm³/mol. The summed E-state index contributed by atoms with van der Waals surface area (Å²) in [6, 6.07) is 0.380. The fraction of sp³-hybridized carbons (Fsp3) is 0.714. The summed E-state index contributed by atoms with van der Waals surface area (Å²) in [6.45, 7) is 5.07. The molecule has 1 aromatic heterocycles. The van der Waals surface area contributed by atoms with Crippen molar-refractivity contribution in [1.29, 1.82) is 0 Å². The van der Waals surface area contributed by atoms with Crippen LogP contribution in [0, 0.1) is 6.92 Å². The van der Waals surface area contributed by atoms with Gasteiger partial charge in [0.15, 0.2) is 0 Å². The first kappa shape index (κ1) is 14.1. The van der Waals surface area contributed by atoms with Gasteiger partial charge in [0.1, 0.15) is 5.82 Å². The van der Waals surface area contributed by atoms with Gasteiger partial charge in [-0.2, -0.15) is 4.98 Å². The molecule has 5 heteroatoms. The molecule has 0 saturated heterocycles. The number of hydrogen-bond donors (Lipinski definition) is 3. The lowest BCUT2D eigenvalue weighted by atomic mass is 9.93. The highest BCUT2D eigenvalue weighted by Gasteiger charge is 2.19. The molecular formula is C14H24N4O. The lowest BCUT2D eigenvalue weighted by Gasteiger charge is -2.26. The molecule has 0 aliphatic heterocycles. The van der Waals surface area contributed by atoms with Crippen molar-refractivity contribution < 1.29 is 5.11 Å². The number of nitrogens with zero attached hydrogens (tertiary/aromatic N) is 2. The van der Waals surface area contributed by atoms with Crippen LogP contribution in [0.4, 0.5) is 11.8 Å². The van der Waals surface area contributed by atoms with Gasteiger partial charge in [-0.05, 0) is 39.0 Å². The first-order valence-electron chi connectivity index (χ1n) is 7.21. The summed E-state index contributed by atoms with van der Waals surface area (Å²) in [4.78, 5) is 8.86. The number of aromatic nitrogens is 2. The smallest absolute Gasteiger partial charge is 0.224 e. The SMILES string of the molecule is CCCNc1nc(NC2CCC(O)CC2)ncc1C. The number of anilines is 2. The van der Waals surface area contributed by atoms with Crippen molar-refractivity contribution in [3.05, 3.63) is 11.8 Å². The Morgan fingerprint density at radius 3 is 2.74 bits per heavy atom. The molecule has 5 nitrogen and oxygen atoms in total. The molecule has 1 heterocycles. The van der Waals surface area contributed by atoms with Crippen LogP contribution in [-0.4, -0.2) is 33.8 Å². The topological polar surface area (TPSA) is 70.1 Å². The van der Waals surface area contributed by atoms with E-state index in [1.165, 1.54) is 0 Å². The largest absolute Gasteiger partial charge is 0.393 e. The standard InChI is InChI=1S/C14H24N4O/c1-3-8-15-13-10(2)9-16-14(18-13)17-11-4-6-12(19)7-5-11/h9,11-12,19H,3-8H2,1-2H3,(H2,15,16,17,18). The number of aryl methyl sites for hydroxylation is 1. The van der Waals surface area contributed by atoms with Crippen molar-refractivity contribution in [3.63, 3.8) is 0 Å². The highest BCUT2D eigenvalue weighted by Crippen LogP contribution is 2.21. The second-order valence-electron chi connectivity index (χ2n) is 5.30. The van der Waals surface area contributed by atoms with Gasteiger partial charge in [0.2, 0.25) is 5.95 Å². The number of rotatable bonds is 5. The van der Waals surface area contributed by atoms with Crippen LogP contribution in [0.25, 0.3) is 0 Å². The van der Waals surface area contributed by atoms with Crippen LogP contribution in [0.3, 0.4) is 0 Å². The van der Waals surface area contributed by atoms with E-state index in [1.54, 1.807) is 0 Å². The number of hydrogen-bond acceptors (Lipinski definition) is 5. The van der Waals surface area contributed by atoms with Gasteiger partial charge in [0.25, 0.3) is 0 Å². The average Bonchev–Trinajstić information content (AvgIpc) is 2.42. The molecule has 19 heavy (non-hydrogen) atoms. The second kappa shape index (κ2) is 6.70. The van der Waals surface area contributed by atoms with E-state index in [2.05, 4.69) is 27.5 Å². The molecule has 2 rings (SSSR count). The van der Waals surface area contributed by atoms with Gasteiger partial charge in [-0.1, -0.05) is 6.92 Å². The van der Waals surface area contributed by atoms with Gasteiger partial charge in [0.05, 0.1) is 6.10 Å². The quantitative estimate of drug-likeness (QED) is 0.761. The Bertz CT molecular complexity index is 402. The molecule has 1 aliphatic rings. The molecule has 1 aliphatic carbocycles. The van der Waals surface area contributed by atoms with Crippen molar-refractivity contribution in [3.8, 4) is 0 Å². The monoisotopic (exact) mass is 264 g/mol. The number of nitrogens with one attached hydrogen (secondary N) is 2. The molecule has 0 atom stereocenters. The Kier molecular flexibility index (Phi) is 4.96. The van der Waals surface area contributed by atoms with Gasteiger partial charge >= 0.3 is 0 Å². The maximum absolute atomic E-state index is 9.50. The summed E-state index contributed by atoms with van der Waals surface area (Å²) < 4.78 is 0. The molecule has 1 saturated carbocycles. The third-order valence-corrected chi connectivity index (χ3v) is 3.54. The second-order valence-corrected chi connectivity index (χ2v) is 5.30. The maximum Gasteiger partial charge on any atom is 0.224 e. The van der Waals surface area contributed by atoms with E-state index >= 15 is 0 Å². The number of aliphatic hydroxyl groups excluding tert-OH is 1. The summed E-state index contributed by atoms with van der Waals surface area (Å²) in [5, 5.41) is 16.2. The summed E-state index contributed by atoms with van der Waals surface area (Å²) in [7, 11) is 0. The molecule has 0 aromatic carbocycles. The molecule has 0 spiro atoms. The Balaban J connectivity index is 1.96. The minimum absolute atomic E-state index is 0.126. The molecule has 0 radical (unpaired) electrons. The lowest BCUT2D eigenvalue weighted by Crippen LogP contribution is -2.29. The minimum atomic E-state index is -0.126. The zero-order valence-corrected chi connectivity index (χ0v) is 11.8. The average molecular weight is 264 g/mol. The summed E-state index contributed by atoms with van der Waals surface area (Å²) in [5.41, 5.74) is 1.07. The van der Waals surface area contributed by atoms with Gasteiger partial charge in [-0.25, -0.2) is 4.98 Å². The van der Waals surface area contributed by atoms with Gasteiger partial charge in [-0.15, -0.1) is 0 Å². The Labute approximate surface area is 114 Å². The summed E-state index contributed by atoms with van der Waals surface area (Å²) >= 11 is 0. The van der Waals surface area contributed by atoms with E-state index in [4.69, 9.17) is 0 Å². The van der Waals surface area contributed by atoms with E-state index in [1.807, 2.05) is 13.1 Å². The predicted octanol–water partition coefficient (Wildman–Crippen LogP) is 2.32. The third kappa shape index (κ3) is 4.06. The Hall–Kier alpha value is -1.36. The van der Waals surface area contributed by atoms with E-state index < -0.39 is 0 Å². The van der Waals surface area contributed by atoms with Crippen molar-refractivity contribution >= 4 is 11.8 Å². The highest BCUT2D eigenvalue weighted by molar-refractivity contribution is 5.46. The van der Waals surface area contributed by atoms with E-state index in [0.717, 1.165) is 50.0 Å². The van der Waals surface area contributed by atoms with Crippen LogP contribution < -0.4 is 10.6 Å². The number of aliphatic hydroxyl groups is 1. The van der Waals surface area contributed by atoms with Crippen LogP contribution in [0.5, 0.6) is 0 Å². The van der Waals surface area contributed by atoms with Gasteiger partial charge in [-0.3, -0.25) is 0 Å². The van der Waals surface area contributed by atoms with Gasteiger partial charge in [0, 0.05) is 24.3 Å². The van der Waals surface area contributed by atoms with Crippen molar-refractivity contribution in [2.45, 2.75) is 58.1 Å². The summed E-state index contributed by atoms with van der Waals surface area (Å²) in [6.07, 6.45) is 6.50. The minimum Gasteiger partial charge on any atom is -0.393 e. The first-order valence-corrected chi connectivity index (χ1v) is 7.21. The van der Waals surface area contributed by atoms with E-state index in [0.29, 0.717) is 12.0 Å². The zero-order chi connectivity index (χ0) is 13.7. The van der Waals surface area contributed by atoms with Crippen LogP contribution in [-0.2, 0) is 0 Å². The van der Waals surface area contributed by atoms with Gasteiger partial charge < -0.3 is 15.7 Å². The molecule has 0 unspecified atom stereocenters. The van der Waals surface area contributed by atoms with Crippen molar-refractivity contribution in [1.82, 2.24) is 9.97 Å². The van der Waals surface area contributed by atoms with E-state index in [-0.39, 0.29) is 6.10 Å². The first-order chi connectivity index (χ1) is 9.19. The van der Waals surface area contributed by atoms with E-state index in [9.17, 15) is 5.11 Å². The zero-order valence-electron chi connectivity index (χ0n) is 11.8. The van der Waals surface area contributed by atoms with Crippen molar-refractivity contribution in [2.24, 2.45) is 0 Å². The normalized spacial score (nSPS) is 23.1. The van der Waals surface area contributed by atoms with Crippen LogP contribution in [0.15, 0.2) is 6.20 Å². The Morgan fingerprint density at radius 2 is 2.05 bits per heavy atom. The molecule has 1 fully saturated rings. The third-order valence-electron chi connectivity index (χ3n) is 3.54. The molecule has 0 amide bonds. The molecular weight excluding hydrogens is 240 g/mol. The highest BCUT2D eigenvalue weighted by atomic mass is 16.3. The molecule has 0 bridgehead atoms. The molecule has 1 aromatic rings. The fourth-order valence-electron chi connectivity index (χ4n) is 2.34. The fourth-order valence-corrected chi connectivity index (χ4v) is 2.34. The molecule has 3 N–H and O–H groups in total. The lowest BCUT2D eigenvalue weighted by molar-refractivity contribution is 0.126. The van der Waals surface area contributed by atoms with Crippen LogP contribution in [0.1, 0.15) is 44.6 Å². The summed E-state index contributed by atoms with van der Waals surface area (Å²) in [5.74, 6) is 1.60. The Morgan fingerprint density at radius 1 is 1.32 bits per heavy atom. The maximum atomic E-state index is 9.50. The molecule has 106 valence electrons. The van der Waals surface area contributed by atoms with Crippen LogP contribution >= 0.6 is 0 Å². The van der Waals surface area contributed by atoms with Crippen LogP contribution in [0.2, 0.25) is 0 Å².